The Balaban J connectivity index is 1.65. The third-order valence-electron chi connectivity index (χ3n) is 4.83. The Morgan fingerprint density at radius 3 is 2.29 bits per heavy atom. The fourth-order valence-corrected chi connectivity index (χ4v) is 3.20. The zero-order chi connectivity index (χ0) is 19.7. The van der Waals surface area contributed by atoms with Gasteiger partial charge < -0.3 is 14.2 Å². The molecule has 0 N–H and O–H groups in total. The van der Waals surface area contributed by atoms with E-state index >= 15 is 0 Å². The van der Waals surface area contributed by atoms with E-state index < -0.39 is 0 Å². The SMILES string of the molecule is CC(=O)N1CCN(C(=O)c2nc(-c3ccco3)n(-c3ccc(C)cc3)n2)CC1. The van der Waals surface area contributed by atoms with Crippen LogP contribution in [0.3, 0.4) is 0 Å². The number of benzene rings is 1. The summed E-state index contributed by atoms with van der Waals surface area (Å²) in [5.41, 5.74) is 1.92. The maximum Gasteiger partial charge on any atom is 0.293 e. The standard InChI is InChI=1S/C20H21N5O3/c1-14-5-7-16(8-6-14)25-19(17-4-3-13-28-17)21-18(22-25)20(27)24-11-9-23(10-12-24)15(2)26/h3-8,13H,9-12H2,1-2H3. The lowest BCUT2D eigenvalue weighted by Crippen LogP contribution is -2.50. The van der Waals surface area contributed by atoms with Crippen LogP contribution in [0.25, 0.3) is 17.3 Å². The van der Waals surface area contributed by atoms with Crippen LogP contribution in [0.5, 0.6) is 0 Å². The van der Waals surface area contributed by atoms with Gasteiger partial charge in [0.05, 0.1) is 12.0 Å². The lowest BCUT2D eigenvalue weighted by molar-refractivity contribution is -0.130. The van der Waals surface area contributed by atoms with Crippen molar-refractivity contribution >= 4 is 11.8 Å². The summed E-state index contributed by atoms with van der Waals surface area (Å²) in [5, 5.41) is 4.47. The number of hydrogen-bond donors (Lipinski definition) is 0. The molecule has 1 aliphatic rings. The van der Waals surface area contributed by atoms with Crippen molar-refractivity contribution in [2.75, 3.05) is 26.2 Å². The Bertz CT molecular complexity index is 984. The lowest BCUT2D eigenvalue weighted by atomic mass is 10.2. The molecule has 0 aliphatic carbocycles. The zero-order valence-electron chi connectivity index (χ0n) is 15.8. The Labute approximate surface area is 162 Å². The van der Waals surface area contributed by atoms with Gasteiger partial charge in [-0.15, -0.1) is 5.10 Å². The number of nitrogens with zero attached hydrogens (tertiary/aromatic N) is 5. The third kappa shape index (κ3) is 3.40. The van der Waals surface area contributed by atoms with E-state index in [9.17, 15) is 9.59 Å². The van der Waals surface area contributed by atoms with Crippen LogP contribution in [0.4, 0.5) is 0 Å². The molecule has 1 saturated heterocycles. The van der Waals surface area contributed by atoms with E-state index in [1.54, 1.807) is 32.9 Å². The highest BCUT2D eigenvalue weighted by molar-refractivity contribution is 5.91. The van der Waals surface area contributed by atoms with Gasteiger partial charge in [0.15, 0.2) is 11.6 Å². The Hall–Kier alpha value is -3.42. The van der Waals surface area contributed by atoms with Gasteiger partial charge in [-0.25, -0.2) is 4.68 Å². The summed E-state index contributed by atoms with van der Waals surface area (Å²) in [6.45, 7) is 5.52. The fraction of sp³-hybridized carbons (Fsp3) is 0.300. The van der Waals surface area contributed by atoms with Crippen molar-refractivity contribution < 1.29 is 14.0 Å². The highest BCUT2D eigenvalue weighted by atomic mass is 16.3. The average molecular weight is 379 g/mol. The molecule has 0 spiro atoms. The van der Waals surface area contributed by atoms with E-state index in [1.807, 2.05) is 31.2 Å². The molecule has 0 unspecified atom stereocenters. The van der Waals surface area contributed by atoms with Crippen LogP contribution in [-0.4, -0.2) is 62.6 Å². The second-order valence-electron chi connectivity index (χ2n) is 6.78. The Morgan fingerprint density at radius 2 is 1.68 bits per heavy atom. The van der Waals surface area contributed by atoms with E-state index in [1.165, 1.54) is 6.92 Å². The minimum Gasteiger partial charge on any atom is -0.461 e. The summed E-state index contributed by atoms with van der Waals surface area (Å²) in [6, 6.07) is 11.4. The smallest absolute Gasteiger partial charge is 0.293 e. The van der Waals surface area contributed by atoms with Crippen LogP contribution in [0, 0.1) is 6.92 Å². The quantitative estimate of drug-likeness (QED) is 0.696. The first kappa shape index (κ1) is 18.0. The topological polar surface area (TPSA) is 84.5 Å². The minimum atomic E-state index is -0.248. The first-order valence-electron chi connectivity index (χ1n) is 9.15. The van der Waals surface area contributed by atoms with Gasteiger partial charge in [-0.1, -0.05) is 17.7 Å². The van der Waals surface area contributed by atoms with Gasteiger partial charge in [-0.2, -0.15) is 4.98 Å². The monoisotopic (exact) mass is 379 g/mol. The number of carbonyl (C=O) groups is 2. The lowest BCUT2D eigenvalue weighted by Gasteiger charge is -2.33. The summed E-state index contributed by atoms with van der Waals surface area (Å²) in [6.07, 6.45) is 1.56. The number of piperazine rings is 1. The van der Waals surface area contributed by atoms with Crippen LogP contribution in [0.2, 0.25) is 0 Å². The molecule has 8 nitrogen and oxygen atoms in total. The van der Waals surface area contributed by atoms with Crippen LogP contribution in [0.1, 0.15) is 23.1 Å². The number of hydrogen-bond acceptors (Lipinski definition) is 5. The zero-order valence-corrected chi connectivity index (χ0v) is 15.8. The maximum atomic E-state index is 13.0. The van der Waals surface area contributed by atoms with Crippen molar-refractivity contribution in [1.29, 1.82) is 0 Å². The van der Waals surface area contributed by atoms with Gasteiger partial charge in [-0.05, 0) is 31.2 Å². The summed E-state index contributed by atoms with van der Waals surface area (Å²) in [4.78, 5) is 32.3. The van der Waals surface area contributed by atoms with Crippen LogP contribution < -0.4 is 0 Å². The maximum absolute atomic E-state index is 13.0. The first-order chi connectivity index (χ1) is 13.5. The van der Waals surface area contributed by atoms with Gasteiger partial charge in [-0.3, -0.25) is 9.59 Å². The largest absolute Gasteiger partial charge is 0.461 e. The molecule has 2 aromatic heterocycles. The van der Waals surface area contributed by atoms with Crippen molar-refractivity contribution in [3.8, 4) is 17.3 Å². The number of amides is 2. The van der Waals surface area contributed by atoms with Crippen molar-refractivity contribution in [1.82, 2.24) is 24.6 Å². The second-order valence-corrected chi connectivity index (χ2v) is 6.78. The van der Waals surface area contributed by atoms with E-state index in [-0.39, 0.29) is 17.6 Å². The van der Waals surface area contributed by atoms with Gasteiger partial charge in [0.1, 0.15) is 0 Å². The molecule has 8 heteroatoms. The predicted molar refractivity (Wildman–Crippen MR) is 102 cm³/mol. The number of furan rings is 1. The van der Waals surface area contributed by atoms with Crippen molar-refractivity contribution in [3.63, 3.8) is 0 Å². The minimum absolute atomic E-state index is 0.0222. The molecule has 0 bridgehead atoms. The average Bonchev–Trinajstić information content (AvgIpc) is 3.38. The van der Waals surface area contributed by atoms with E-state index in [0.717, 1.165) is 11.3 Å². The normalized spacial score (nSPS) is 14.4. The van der Waals surface area contributed by atoms with Gasteiger partial charge in [0.25, 0.3) is 5.91 Å². The molecular formula is C20H21N5O3. The second kappa shape index (κ2) is 7.30. The van der Waals surface area contributed by atoms with Crippen molar-refractivity contribution in [2.24, 2.45) is 0 Å². The molecule has 0 radical (unpaired) electrons. The molecule has 3 aromatic rings. The fourth-order valence-electron chi connectivity index (χ4n) is 3.20. The highest BCUT2D eigenvalue weighted by Crippen LogP contribution is 2.22. The summed E-state index contributed by atoms with van der Waals surface area (Å²) < 4.78 is 7.11. The van der Waals surface area contributed by atoms with Gasteiger partial charge in [0, 0.05) is 33.1 Å². The van der Waals surface area contributed by atoms with Gasteiger partial charge in [0.2, 0.25) is 11.7 Å². The molecule has 3 heterocycles. The number of aryl methyl sites for hydroxylation is 1. The molecule has 1 aliphatic heterocycles. The van der Waals surface area contributed by atoms with E-state index in [2.05, 4.69) is 10.1 Å². The molecule has 0 atom stereocenters. The van der Waals surface area contributed by atoms with E-state index in [4.69, 9.17) is 4.42 Å². The molecule has 1 fully saturated rings. The number of aromatic nitrogens is 3. The first-order valence-corrected chi connectivity index (χ1v) is 9.15. The van der Waals surface area contributed by atoms with E-state index in [0.29, 0.717) is 37.8 Å². The number of carbonyl (C=O) groups excluding carboxylic acids is 2. The van der Waals surface area contributed by atoms with Crippen molar-refractivity contribution in [2.45, 2.75) is 13.8 Å². The molecule has 0 saturated carbocycles. The number of rotatable bonds is 3. The van der Waals surface area contributed by atoms with Crippen LogP contribution >= 0.6 is 0 Å². The van der Waals surface area contributed by atoms with Crippen LogP contribution in [0.15, 0.2) is 47.1 Å². The molecule has 2 amide bonds. The molecule has 4 rings (SSSR count). The third-order valence-corrected chi connectivity index (χ3v) is 4.83. The van der Waals surface area contributed by atoms with Crippen LogP contribution in [-0.2, 0) is 4.79 Å². The van der Waals surface area contributed by atoms with Gasteiger partial charge >= 0.3 is 0 Å². The Morgan fingerprint density at radius 1 is 1.00 bits per heavy atom. The molecule has 1 aromatic carbocycles. The highest BCUT2D eigenvalue weighted by Gasteiger charge is 2.27. The summed E-state index contributed by atoms with van der Waals surface area (Å²) in [5.74, 6) is 0.896. The molecular weight excluding hydrogens is 358 g/mol. The summed E-state index contributed by atoms with van der Waals surface area (Å²) >= 11 is 0. The Kier molecular flexibility index (Phi) is 4.68. The van der Waals surface area contributed by atoms with Crippen molar-refractivity contribution in [3.05, 3.63) is 54.0 Å². The molecule has 28 heavy (non-hydrogen) atoms. The summed E-state index contributed by atoms with van der Waals surface area (Å²) in [7, 11) is 0. The predicted octanol–water partition coefficient (Wildman–Crippen LogP) is 2.14. The molecule has 144 valence electrons.